The Labute approximate surface area is 173 Å². The van der Waals surface area contributed by atoms with E-state index in [2.05, 4.69) is 32.4 Å². The van der Waals surface area contributed by atoms with Crippen molar-refractivity contribution in [3.63, 3.8) is 0 Å². The normalized spacial score (nSPS) is 17.4. The lowest BCUT2D eigenvalue weighted by molar-refractivity contribution is 0.0531. The molecule has 0 radical (unpaired) electrons. The van der Waals surface area contributed by atoms with Gasteiger partial charge in [-0.15, -0.1) is 11.3 Å². The van der Waals surface area contributed by atoms with E-state index in [9.17, 15) is 4.79 Å². The minimum absolute atomic E-state index is 0.0375. The second-order valence-corrected chi connectivity index (χ2v) is 8.32. The van der Waals surface area contributed by atoms with E-state index >= 15 is 0 Å². The van der Waals surface area contributed by atoms with Gasteiger partial charge in [0, 0.05) is 13.6 Å². The summed E-state index contributed by atoms with van der Waals surface area (Å²) in [5, 5.41) is 7.70. The number of aryl methyl sites for hydroxylation is 1. The van der Waals surface area contributed by atoms with Crippen LogP contribution < -0.4 is 10.6 Å². The second-order valence-electron chi connectivity index (χ2n) is 7.29. The monoisotopic (exact) mass is 409 g/mol. The van der Waals surface area contributed by atoms with Gasteiger partial charge in [0.25, 0.3) is 0 Å². The highest BCUT2D eigenvalue weighted by Crippen LogP contribution is 2.24. The number of piperidine rings is 1. The summed E-state index contributed by atoms with van der Waals surface area (Å²) in [6, 6.07) is -0.0375. The van der Waals surface area contributed by atoms with Crippen LogP contribution in [0.4, 0.5) is 0 Å². The number of hydrogen-bond donors (Lipinski definition) is 2. The van der Waals surface area contributed by atoms with Gasteiger partial charge in [-0.2, -0.15) is 0 Å². The van der Waals surface area contributed by atoms with Gasteiger partial charge in [0.2, 0.25) is 0 Å². The quantitative estimate of drug-likeness (QED) is 0.390. The maximum Gasteiger partial charge on any atom is 0.350 e. The van der Waals surface area contributed by atoms with Crippen molar-refractivity contribution in [3.05, 3.63) is 15.6 Å². The zero-order valence-corrected chi connectivity index (χ0v) is 18.7. The maximum absolute atomic E-state index is 12.0. The Morgan fingerprint density at radius 1 is 1.39 bits per heavy atom. The first-order valence-electron chi connectivity index (χ1n) is 10.3. The maximum atomic E-state index is 12.0. The van der Waals surface area contributed by atoms with Crippen LogP contribution in [-0.2, 0) is 4.74 Å². The molecule has 0 saturated carbocycles. The lowest BCUT2D eigenvalue weighted by Crippen LogP contribution is -2.43. The number of carbonyl (C=O) groups is 1. The number of likely N-dealkylation sites (tertiary alicyclic amines) is 1. The highest BCUT2D eigenvalue weighted by atomic mass is 32.1. The average molecular weight is 410 g/mol. The molecule has 1 atom stereocenters. The highest BCUT2D eigenvalue weighted by molar-refractivity contribution is 7.13. The Kier molecular flexibility index (Phi) is 9.18. The first kappa shape index (κ1) is 22.6. The molecule has 1 aromatic rings. The predicted molar refractivity (Wildman–Crippen MR) is 115 cm³/mol. The van der Waals surface area contributed by atoms with Crippen LogP contribution in [0.15, 0.2) is 4.99 Å². The van der Waals surface area contributed by atoms with E-state index in [4.69, 9.17) is 4.74 Å². The van der Waals surface area contributed by atoms with Crippen molar-refractivity contribution in [2.45, 2.75) is 53.0 Å². The van der Waals surface area contributed by atoms with E-state index in [1.807, 2.05) is 20.8 Å². The van der Waals surface area contributed by atoms with E-state index in [0.717, 1.165) is 17.5 Å². The van der Waals surface area contributed by atoms with Crippen molar-refractivity contribution in [2.75, 3.05) is 39.8 Å². The largest absolute Gasteiger partial charge is 0.462 e. The number of rotatable bonds is 8. The fraction of sp³-hybridized carbons (Fsp3) is 0.750. The molecule has 0 amide bonds. The summed E-state index contributed by atoms with van der Waals surface area (Å²) in [4.78, 5) is 24.0. The summed E-state index contributed by atoms with van der Waals surface area (Å²) >= 11 is 1.38. The molecule has 1 aliphatic rings. The first-order chi connectivity index (χ1) is 13.5. The van der Waals surface area contributed by atoms with Crippen LogP contribution in [0.25, 0.3) is 0 Å². The summed E-state index contributed by atoms with van der Waals surface area (Å²) in [6.07, 6.45) is 3.69. The third kappa shape index (κ3) is 6.44. The molecule has 1 unspecified atom stereocenters. The number of esters is 1. The number of guanidine groups is 1. The van der Waals surface area contributed by atoms with Crippen LogP contribution in [0, 0.1) is 12.8 Å². The molecule has 0 bridgehead atoms. The van der Waals surface area contributed by atoms with E-state index in [-0.39, 0.29) is 12.0 Å². The van der Waals surface area contributed by atoms with Crippen LogP contribution in [0.1, 0.15) is 66.4 Å². The average Bonchev–Trinajstić information content (AvgIpc) is 3.08. The molecule has 2 heterocycles. The van der Waals surface area contributed by atoms with Crippen molar-refractivity contribution in [1.82, 2.24) is 20.5 Å². The van der Waals surface area contributed by atoms with Gasteiger partial charge in [-0.25, -0.2) is 9.78 Å². The molecule has 1 aliphatic heterocycles. The fourth-order valence-electron chi connectivity index (χ4n) is 3.42. The summed E-state index contributed by atoms with van der Waals surface area (Å²) in [5.74, 6) is 1.15. The number of nitrogens with one attached hydrogen (secondary N) is 2. The van der Waals surface area contributed by atoms with Crippen molar-refractivity contribution in [2.24, 2.45) is 10.9 Å². The molecule has 1 aromatic heterocycles. The molecule has 1 fully saturated rings. The van der Waals surface area contributed by atoms with Crippen molar-refractivity contribution in [3.8, 4) is 0 Å². The second kappa shape index (κ2) is 11.4. The smallest absolute Gasteiger partial charge is 0.350 e. The number of hydrogen-bond acceptors (Lipinski definition) is 6. The molecule has 0 spiro atoms. The molecule has 1 saturated heterocycles. The van der Waals surface area contributed by atoms with Gasteiger partial charge >= 0.3 is 5.97 Å². The zero-order valence-electron chi connectivity index (χ0n) is 17.9. The predicted octanol–water partition coefficient (Wildman–Crippen LogP) is 2.98. The number of ether oxygens (including phenoxy) is 1. The van der Waals surface area contributed by atoms with Crippen LogP contribution >= 0.6 is 11.3 Å². The third-order valence-electron chi connectivity index (χ3n) is 5.03. The number of aliphatic imine (C=N–C) groups is 1. The fourth-order valence-corrected chi connectivity index (χ4v) is 4.38. The van der Waals surface area contributed by atoms with E-state index in [0.29, 0.717) is 23.1 Å². The Morgan fingerprint density at radius 3 is 2.71 bits per heavy atom. The lowest BCUT2D eigenvalue weighted by atomic mass is 9.97. The van der Waals surface area contributed by atoms with Gasteiger partial charge in [-0.1, -0.05) is 6.92 Å². The number of aromatic nitrogens is 1. The van der Waals surface area contributed by atoms with Gasteiger partial charge in [-0.05, 0) is 65.6 Å². The SMILES string of the molecule is CCCN1CCC(CNC(=NC)NC(C)c2nc(C)c(C(=O)OCC)s2)CC1. The van der Waals surface area contributed by atoms with Crippen molar-refractivity contribution in [1.29, 1.82) is 0 Å². The summed E-state index contributed by atoms with van der Waals surface area (Å²) in [7, 11) is 1.78. The Bertz CT molecular complexity index is 653. The van der Waals surface area contributed by atoms with E-state index in [1.165, 1.54) is 50.2 Å². The van der Waals surface area contributed by atoms with Gasteiger partial charge in [0.05, 0.1) is 18.3 Å². The molecule has 158 valence electrons. The van der Waals surface area contributed by atoms with Crippen LogP contribution in [0.2, 0.25) is 0 Å². The van der Waals surface area contributed by atoms with Crippen LogP contribution in [0.3, 0.4) is 0 Å². The highest BCUT2D eigenvalue weighted by Gasteiger charge is 2.21. The topological polar surface area (TPSA) is 78.9 Å². The third-order valence-corrected chi connectivity index (χ3v) is 6.35. The molecule has 2 rings (SSSR count). The Morgan fingerprint density at radius 2 is 2.11 bits per heavy atom. The minimum Gasteiger partial charge on any atom is -0.462 e. The number of carbonyl (C=O) groups excluding carboxylic acids is 1. The Balaban J connectivity index is 1.84. The summed E-state index contributed by atoms with van der Waals surface area (Å²) in [5.41, 5.74) is 0.717. The molecular weight excluding hydrogens is 374 g/mol. The molecule has 28 heavy (non-hydrogen) atoms. The Hall–Kier alpha value is -1.67. The molecule has 2 N–H and O–H groups in total. The molecule has 0 aromatic carbocycles. The van der Waals surface area contributed by atoms with E-state index in [1.54, 1.807) is 7.05 Å². The molecular formula is C20H35N5O2S. The van der Waals surface area contributed by atoms with E-state index < -0.39 is 0 Å². The van der Waals surface area contributed by atoms with Crippen LogP contribution in [0.5, 0.6) is 0 Å². The van der Waals surface area contributed by atoms with Gasteiger partial charge in [0.15, 0.2) is 5.96 Å². The molecule has 0 aliphatic carbocycles. The lowest BCUT2D eigenvalue weighted by Gasteiger charge is -2.32. The van der Waals surface area contributed by atoms with Crippen LogP contribution in [-0.4, -0.2) is 61.6 Å². The number of nitrogens with zero attached hydrogens (tertiary/aromatic N) is 3. The van der Waals surface area contributed by atoms with Gasteiger partial charge in [-0.3, -0.25) is 4.99 Å². The summed E-state index contributed by atoms with van der Waals surface area (Å²) < 4.78 is 5.10. The number of thiazole rings is 1. The van der Waals surface area contributed by atoms with Crippen molar-refractivity contribution >= 4 is 23.3 Å². The van der Waals surface area contributed by atoms with Gasteiger partial charge in [0.1, 0.15) is 9.88 Å². The summed E-state index contributed by atoms with van der Waals surface area (Å²) in [6.45, 7) is 12.8. The standard InChI is InChI=1S/C20H35N5O2S/c1-6-10-25-11-8-16(9-12-25)13-22-20(21-5)24-15(4)18-23-14(3)17(28-18)19(26)27-7-2/h15-16H,6-13H2,1-5H3,(H2,21,22,24). The minimum atomic E-state index is -0.298. The zero-order chi connectivity index (χ0) is 20.5. The first-order valence-corrected chi connectivity index (χ1v) is 11.1. The van der Waals surface area contributed by atoms with Gasteiger partial charge < -0.3 is 20.3 Å². The molecule has 8 heteroatoms. The molecule has 7 nitrogen and oxygen atoms in total. The van der Waals surface area contributed by atoms with Crippen molar-refractivity contribution < 1.29 is 9.53 Å².